The summed E-state index contributed by atoms with van der Waals surface area (Å²) in [5.74, 6) is 1.17. The van der Waals surface area contributed by atoms with Crippen LogP contribution in [0, 0.1) is 0 Å². The van der Waals surface area contributed by atoms with Crippen LogP contribution in [0.2, 0.25) is 0 Å². The average Bonchev–Trinajstić information content (AvgIpc) is 3.04. The average molecular weight is 593 g/mol. The van der Waals surface area contributed by atoms with Crippen molar-refractivity contribution in [1.29, 1.82) is 0 Å². The maximum absolute atomic E-state index is 13.9. The van der Waals surface area contributed by atoms with Gasteiger partial charge < -0.3 is 23.8 Å². The zero-order valence-electron chi connectivity index (χ0n) is 23.7. The Balaban J connectivity index is 1.36. The SMILES string of the molecule is COc1ccc(S(=O)(=O)N(Cc2ccc(OC3CCCCO3)cc2)c2ccc(C=CC(=O)N3CCOCC3)cc2)cc1. The monoisotopic (exact) mass is 592 g/mol. The van der Waals surface area contributed by atoms with Gasteiger partial charge in [-0.15, -0.1) is 0 Å². The van der Waals surface area contributed by atoms with E-state index >= 15 is 0 Å². The van der Waals surface area contributed by atoms with Gasteiger partial charge in [0.1, 0.15) is 11.5 Å². The van der Waals surface area contributed by atoms with Crippen molar-refractivity contribution in [2.45, 2.75) is 37.0 Å². The third-order valence-electron chi connectivity index (χ3n) is 7.22. The molecule has 3 aromatic carbocycles. The van der Waals surface area contributed by atoms with Crippen LogP contribution in [0.25, 0.3) is 6.08 Å². The summed E-state index contributed by atoms with van der Waals surface area (Å²) >= 11 is 0. The predicted octanol–water partition coefficient (Wildman–Crippen LogP) is 4.87. The standard InChI is InChI=1S/C32H36N2O7S/c1-38-28-14-16-30(17-15-28)42(36,37)34(24-26-7-12-29(13-8-26)41-32-4-2-3-21-40-32)27-10-5-25(6-11-27)9-18-31(35)33-19-22-39-23-20-33/h5-18,32H,2-4,19-24H2,1H3. The normalized spacial score (nSPS) is 17.6. The molecule has 2 aliphatic heterocycles. The first-order valence-electron chi connectivity index (χ1n) is 14.1. The number of rotatable bonds is 10. The lowest BCUT2D eigenvalue weighted by atomic mass is 10.1. The van der Waals surface area contributed by atoms with Crippen LogP contribution in [0.15, 0.2) is 83.8 Å². The van der Waals surface area contributed by atoms with Gasteiger partial charge >= 0.3 is 0 Å². The molecule has 2 fully saturated rings. The highest BCUT2D eigenvalue weighted by Gasteiger charge is 2.26. The van der Waals surface area contributed by atoms with E-state index in [0.29, 0.717) is 50.1 Å². The van der Waals surface area contributed by atoms with Crippen LogP contribution in [0.1, 0.15) is 30.4 Å². The van der Waals surface area contributed by atoms with Crippen LogP contribution in [0.5, 0.6) is 11.5 Å². The number of benzene rings is 3. The molecule has 5 rings (SSSR count). The molecule has 2 saturated heterocycles. The summed E-state index contributed by atoms with van der Waals surface area (Å²) in [6.45, 7) is 3.03. The quantitative estimate of drug-likeness (QED) is 0.310. The van der Waals surface area contributed by atoms with E-state index in [4.69, 9.17) is 18.9 Å². The Kier molecular flexibility index (Phi) is 9.78. The van der Waals surface area contributed by atoms with E-state index in [1.54, 1.807) is 47.4 Å². The molecule has 1 atom stereocenters. The van der Waals surface area contributed by atoms with Gasteiger partial charge in [0.25, 0.3) is 10.0 Å². The molecule has 9 nitrogen and oxygen atoms in total. The van der Waals surface area contributed by atoms with E-state index < -0.39 is 10.0 Å². The molecule has 0 radical (unpaired) electrons. The second-order valence-electron chi connectivity index (χ2n) is 10.1. The largest absolute Gasteiger partial charge is 0.497 e. The van der Waals surface area contributed by atoms with Gasteiger partial charge in [0.05, 0.1) is 44.1 Å². The molecular weight excluding hydrogens is 556 g/mol. The molecule has 0 saturated carbocycles. The Morgan fingerprint density at radius 3 is 2.26 bits per heavy atom. The Labute approximate surface area is 247 Å². The number of sulfonamides is 1. The molecule has 1 amide bonds. The van der Waals surface area contributed by atoms with E-state index in [9.17, 15) is 13.2 Å². The number of amides is 1. The van der Waals surface area contributed by atoms with E-state index in [2.05, 4.69) is 0 Å². The minimum Gasteiger partial charge on any atom is -0.497 e. The molecule has 42 heavy (non-hydrogen) atoms. The summed E-state index contributed by atoms with van der Waals surface area (Å²) in [7, 11) is -2.39. The van der Waals surface area contributed by atoms with Gasteiger partial charge in [-0.25, -0.2) is 8.42 Å². The second-order valence-corrected chi connectivity index (χ2v) is 12.0. The van der Waals surface area contributed by atoms with Crippen molar-refractivity contribution >= 4 is 27.7 Å². The molecule has 1 unspecified atom stereocenters. The summed E-state index contributed by atoms with van der Waals surface area (Å²) in [6, 6.07) is 20.8. The van der Waals surface area contributed by atoms with Crippen LogP contribution in [-0.2, 0) is 30.8 Å². The Morgan fingerprint density at radius 1 is 0.929 bits per heavy atom. The summed E-state index contributed by atoms with van der Waals surface area (Å²) in [5.41, 5.74) is 2.08. The van der Waals surface area contributed by atoms with Crippen molar-refractivity contribution in [3.8, 4) is 11.5 Å². The number of hydrogen-bond donors (Lipinski definition) is 0. The van der Waals surface area contributed by atoms with Gasteiger partial charge in [0.2, 0.25) is 5.91 Å². The smallest absolute Gasteiger partial charge is 0.264 e. The highest BCUT2D eigenvalue weighted by molar-refractivity contribution is 7.92. The fourth-order valence-electron chi connectivity index (χ4n) is 4.79. The van der Waals surface area contributed by atoms with Gasteiger partial charge in [-0.1, -0.05) is 24.3 Å². The van der Waals surface area contributed by atoms with Gasteiger partial charge in [0.15, 0.2) is 6.29 Å². The van der Waals surface area contributed by atoms with Crippen molar-refractivity contribution in [1.82, 2.24) is 4.90 Å². The lowest BCUT2D eigenvalue weighted by Gasteiger charge is -2.26. The molecule has 222 valence electrons. The number of carbonyl (C=O) groups excluding carboxylic acids is 1. The third-order valence-corrected chi connectivity index (χ3v) is 9.01. The first kappa shape index (κ1) is 29.6. The molecule has 2 aliphatic rings. The predicted molar refractivity (Wildman–Crippen MR) is 160 cm³/mol. The Bertz CT molecular complexity index is 1440. The molecule has 0 bridgehead atoms. The first-order chi connectivity index (χ1) is 20.4. The molecular formula is C32H36N2O7S. The van der Waals surface area contributed by atoms with Crippen molar-refractivity contribution in [3.05, 3.63) is 90.0 Å². The maximum atomic E-state index is 13.9. The zero-order chi connectivity index (χ0) is 29.4. The summed E-state index contributed by atoms with van der Waals surface area (Å²) in [6.07, 6.45) is 5.98. The number of carbonyl (C=O) groups is 1. The Hall–Kier alpha value is -3.86. The van der Waals surface area contributed by atoms with E-state index in [1.165, 1.54) is 29.6 Å². The highest BCUT2D eigenvalue weighted by atomic mass is 32.2. The van der Waals surface area contributed by atoms with Crippen LogP contribution in [0.4, 0.5) is 5.69 Å². The van der Waals surface area contributed by atoms with Crippen molar-refractivity contribution < 1.29 is 32.2 Å². The van der Waals surface area contributed by atoms with Crippen molar-refractivity contribution in [2.24, 2.45) is 0 Å². The minimum atomic E-state index is -3.93. The number of ether oxygens (including phenoxy) is 4. The molecule has 0 spiro atoms. The summed E-state index contributed by atoms with van der Waals surface area (Å²) in [5, 5.41) is 0. The fraction of sp³-hybridized carbons (Fsp3) is 0.344. The van der Waals surface area contributed by atoms with Crippen molar-refractivity contribution in [3.63, 3.8) is 0 Å². The Morgan fingerprint density at radius 2 is 1.62 bits per heavy atom. The number of methoxy groups -OCH3 is 1. The second kappa shape index (κ2) is 13.9. The molecule has 10 heteroatoms. The number of nitrogens with zero attached hydrogens (tertiary/aromatic N) is 2. The van der Waals surface area contributed by atoms with Crippen molar-refractivity contribution in [2.75, 3.05) is 44.3 Å². The third kappa shape index (κ3) is 7.50. The summed E-state index contributed by atoms with van der Waals surface area (Å²) < 4.78 is 51.3. The molecule has 2 heterocycles. The fourth-order valence-corrected chi connectivity index (χ4v) is 6.25. The number of hydrogen-bond acceptors (Lipinski definition) is 7. The zero-order valence-corrected chi connectivity index (χ0v) is 24.5. The summed E-state index contributed by atoms with van der Waals surface area (Å²) in [4.78, 5) is 14.4. The van der Waals surface area contributed by atoms with Crippen LogP contribution < -0.4 is 13.8 Å². The van der Waals surface area contributed by atoms with E-state index in [-0.39, 0.29) is 23.6 Å². The first-order valence-corrected chi connectivity index (χ1v) is 15.6. The lowest BCUT2D eigenvalue weighted by Crippen LogP contribution is -2.39. The molecule has 0 aromatic heterocycles. The van der Waals surface area contributed by atoms with Crippen LogP contribution in [0.3, 0.4) is 0 Å². The van der Waals surface area contributed by atoms with Crippen LogP contribution in [-0.4, -0.2) is 65.5 Å². The minimum absolute atomic E-state index is 0.0754. The number of morpholine rings is 1. The van der Waals surface area contributed by atoms with Gasteiger partial charge in [-0.05, 0) is 78.6 Å². The van der Waals surface area contributed by atoms with Gasteiger partial charge in [-0.3, -0.25) is 9.10 Å². The molecule has 3 aromatic rings. The highest BCUT2D eigenvalue weighted by Crippen LogP contribution is 2.29. The van der Waals surface area contributed by atoms with E-state index in [0.717, 1.165) is 30.4 Å². The maximum Gasteiger partial charge on any atom is 0.264 e. The van der Waals surface area contributed by atoms with Gasteiger partial charge in [-0.2, -0.15) is 0 Å². The molecule has 0 N–H and O–H groups in total. The molecule has 0 aliphatic carbocycles. The van der Waals surface area contributed by atoms with E-state index in [1.807, 2.05) is 24.3 Å². The topological polar surface area (TPSA) is 94.6 Å². The van der Waals surface area contributed by atoms with Gasteiger partial charge in [0, 0.05) is 25.6 Å². The lowest BCUT2D eigenvalue weighted by molar-refractivity contribution is -0.129. The number of anilines is 1. The van der Waals surface area contributed by atoms with Crippen LogP contribution >= 0.6 is 0 Å².